The van der Waals surface area contributed by atoms with Gasteiger partial charge in [0.1, 0.15) is 24.4 Å². The second-order valence-corrected chi connectivity index (χ2v) is 6.29. The number of hydrogen-bond donors (Lipinski definition) is 4. The molecule has 0 radical (unpaired) electrons. The van der Waals surface area contributed by atoms with E-state index in [0.717, 1.165) is 4.31 Å². The number of fused-ring (bicyclic) bond motifs is 1. The predicted octanol–water partition coefficient (Wildman–Crippen LogP) is -1.27. The number of aliphatic hydroxyl groups is 4. The Morgan fingerprint density at radius 2 is 1.57 bits per heavy atom. The van der Waals surface area contributed by atoms with E-state index >= 15 is 0 Å². The van der Waals surface area contributed by atoms with Crippen LogP contribution in [0.4, 0.5) is 0 Å². The first-order chi connectivity index (χ1) is 11.0. The van der Waals surface area contributed by atoms with Gasteiger partial charge in [-0.25, -0.2) is 4.31 Å². The highest BCUT2D eigenvalue weighted by atomic mass is 32.2. The molecule has 9 heteroatoms. The van der Waals surface area contributed by atoms with Crippen molar-refractivity contribution in [3.05, 3.63) is 35.4 Å². The summed E-state index contributed by atoms with van der Waals surface area (Å²) in [6.45, 7) is -0.579. The lowest BCUT2D eigenvalue weighted by atomic mass is 10.0. The zero-order valence-corrected chi connectivity index (χ0v) is 12.6. The lowest BCUT2D eigenvalue weighted by Crippen LogP contribution is -2.58. The number of aliphatic hydroxyl groups excluding tert-OH is 4. The molecule has 5 atom stereocenters. The van der Waals surface area contributed by atoms with Crippen molar-refractivity contribution in [3.8, 4) is 0 Å². The molecule has 0 saturated carbocycles. The van der Waals surface area contributed by atoms with Gasteiger partial charge < -0.3 is 25.2 Å². The maximum Gasteiger partial charge on any atom is 0.271 e. The molecule has 124 valence electrons. The molecule has 2 aliphatic heterocycles. The van der Waals surface area contributed by atoms with Crippen LogP contribution < -0.4 is 0 Å². The fourth-order valence-corrected chi connectivity index (χ4v) is 3.60. The minimum Gasteiger partial charge on any atom is -0.394 e. The summed E-state index contributed by atoms with van der Waals surface area (Å²) in [5.74, 6) is -1.10. The van der Waals surface area contributed by atoms with Crippen LogP contribution in [0.2, 0.25) is 0 Å². The smallest absolute Gasteiger partial charge is 0.271 e. The maximum atomic E-state index is 12.3. The van der Waals surface area contributed by atoms with Crippen LogP contribution >= 0.6 is 11.9 Å². The molecule has 1 aromatic carbocycles. The lowest BCUT2D eigenvalue weighted by molar-refractivity contribution is -0.206. The van der Waals surface area contributed by atoms with Crippen LogP contribution in [0.3, 0.4) is 0 Å². The molecule has 23 heavy (non-hydrogen) atoms. The second-order valence-electron chi connectivity index (χ2n) is 5.25. The summed E-state index contributed by atoms with van der Waals surface area (Å²) in [4.78, 5) is 24.5. The molecule has 0 unspecified atom stereocenters. The molecular formula is C14H15NO7S. The normalized spacial score (nSPS) is 33.9. The van der Waals surface area contributed by atoms with E-state index in [2.05, 4.69) is 0 Å². The molecule has 2 amide bonds. The standard InChI is InChI=1S/C14H15NO7S/c16-5-8-9(17)10(18)11(19)14(22-8)23-15-12(20)6-3-1-2-4-7(6)13(15)21/h1-4,8-11,14,16-19H,5H2/t8-,9-,10+,11-,14+/m1/s1. The number of rotatable bonds is 3. The molecule has 2 aliphatic rings. The van der Waals surface area contributed by atoms with Crippen LogP contribution in [0.15, 0.2) is 24.3 Å². The van der Waals surface area contributed by atoms with Gasteiger partial charge in [0.25, 0.3) is 11.8 Å². The average Bonchev–Trinajstić information content (AvgIpc) is 2.80. The summed E-state index contributed by atoms with van der Waals surface area (Å²) in [6, 6.07) is 6.30. The zero-order chi connectivity index (χ0) is 16.7. The number of carbonyl (C=O) groups is 2. The van der Waals surface area contributed by atoms with Crippen molar-refractivity contribution in [2.45, 2.75) is 29.9 Å². The average molecular weight is 341 g/mol. The minimum absolute atomic E-state index is 0.245. The molecule has 1 fully saturated rings. The zero-order valence-electron chi connectivity index (χ0n) is 11.8. The molecule has 0 spiro atoms. The van der Waals surface area contributed by atoms with Gasteiger partial charge in [0, 0.05) is 0 Å². The van der Waals surface area contributed by atoms with E-state index in [1.165, 1.54) is 12.1 Å². The third-order valence-corrected chi connectivity index (χ3v) is 4.95. The predicted molar refractivity (Wildman–Crippen MR) is 78.3 cm³/mol. The molecule has 0 aliphatic carbocycles. The topological polar surface area (TPSA) is 128 Å². The van der Waals surface area contributed by atoms with Crippen molar-refractivity contribution in [2.24, 2.45) is 0 Å². The van der Waals surface area contributed by atoms with Gasteiger partial charge in [-0.15, -0.1) is 0 Å². The van der Waals surface area contributed by atoms with Gasteiger partial charge in [0.2, 0.25) is 0 Å². The van der Waals surface area contributed by atoms with Gasteiger partial charge in [0.15, 0.2) is 5.44 Å². The van der Waals surface area contributed by atoms with E-state index in [1.807, 2.05) is 0 Å². The summed E-state index contributed by atoms with van der Waals surface area (Å²) in [5.41, 5.74) is -0.697. The maximum absolute atomic E-state index is 12.3. The summed E-state index contributed by atoms with van der Waals surface area (Å²) in [5, 5.41) is 38.6. The Bertz CT molecular complexity index is 602. The van der Waals surface area contributed by atoms with Gasteiger partial charge in [-0.05, 0) is 24.1 Å². The van der Waals surface area contributed by atoms with Crippen LogP contribution in [0.1, 0.15) is 20.7 Å². The Kier molecular flexibility index (Phi) is 4.41. The highest BCUT2D eigenvalue weighted by Crippen LogP contribution is 2.35. The number of hydrogen-bond acceptors (Lipinski definition) is 8. The third-order valence-electron chi connectivity index (χ3n) is 3.81. The highest BCUT2D eigenvalue weighted by Gasteiger charge is 2.47. The highest BCUT2D eigenvalue weighted by molar-refractivity contribution is 7.98. The number of nitrogens with zero attached hydrogens (tertiary/aromatic N) is 1. The van der Waals surface area contributed by atoms with Crippen LogP contribution in [0, 0.1) is 0 Å². The van der Waals surface area contributed by atoms with E-state index in [0.29, 0.717) is 11.9 Å². The van der Waals surface area contributed by atoms with E-state index in [-0.39, 0.29) is 11.1 Å². The largest absolute Gasteiger partial charge is 0.394 e. The molecule has 4 N–H and O–H groups in total. The van der Waals surface area contributed by atoms with Crippen LogP contribution in [-0.2, 0) is 4.74 Å². The Balaban J connectivity index is 1.80. The Hall–Kier alpha value is -1.49. The van der Waals surface area contributed by atoms with Crippen molar-refractivity contribution in [1.29, 1.82) is 0 Å². The molecular weight excluding hydrogens is 326 g/mol. The Labute approximate surface area is 135 Å². The van der Waals surface area contributed by atoms with E-state index < -0.39 is 48.3 Å². The van der Waals surface area contributed by atoms with Gasteiger partial charge in [-0.3, -0.25) is 9.59 Å². The lowest BCUT2D eigenvalue weighted by Gasteiger charge is -2.40. The van der Waals surface area contributed by atoms with Crippen molar-refractivity contribution >= 4 is 23.8 Å². The van der Waals surface area contributed by atoms with Crippen LogP contribution in [0.25, 0.3) is 0 Å². The number of carbonyl (C=O) groups excluding carboxylic acids is 2. The minimum atomic E-state index is -1.56. The second kappa shape index (κ2) is 6.19. The molecule has 3 rings (SSSR count). The van der Waals surface area contributed by atoms with Crippen molar-refractivity contribution in [2.75, 3.05) is 6.61 Å². The fourth-order valence-electron chi connectivity index (χ4n) is 2.52. The van der Waals surface area contributed by atoms with Crippen molar-refractivity contribution in [1.82, 2.24) is 4.31 Å². The Morgan fingerprint density at radius 1 is 1.00 bits per heavy atom. The molecule has 0 aromatic heterocycles. The first-order valence-electron chi connectivity index (χ1n) is 6.90. The number of imide groups is 1. The number of amides is 2. The van der Waals surface area contributed by atoms with Crippen molar-refractivity contribution in [3.63, 3.8) is 0 Å². The van der Waals surface area contributed by atoms with Crippen LogP contribution in [-0.4, -0.2) is 73.0 Å². The quantitative estimate of drug-likeness (QED) is 0.396. The van der Waals surface area contributed by atoms with E-state index in [4.69, 9.17) is 9.84 Å². The van der Waals surface area contributed by atoms with Gasteiger partial charge in [0.05, 0.1) is 17.7 Å². The summed E-state index contributed by atoms with van der Waals surface area (Å²) < 4.78 is 6.14. The summed E-state index contributed by atoms with van der Waals surface area (Å²) in [7, 11) is 0. The summed E-state index contributed by atoms with van der Waals surface area (Å²) in [6.07, 6.45) is -5.68. The van der Waals surface area contributed by atoms with Gasteiger partial charge in [-0.1, -0.05) is 12.1 Å². The number of ether oxygens (including phenoxy) is 1. The van der Waals surface area contributed by atoms with E-state index in [1.54, 1.807) is 12.1 Å². The Morgan fingerprint density at radius 3 is 2.09 bits per heavy atom. The molecule has 8 nitrogen and oxygen atoms in total. The first kappa shape index (κ1) is 16.4. The molecule has 1 saturated heterocycles. The monoisotopic (exact) mass is 341 g/mol. The SMILES string of the molecule is O=C1c2ccccc2C(=O)N1S[C@@H]1O[C@H](CO)[C@@H](O)[C@H](O)[C@H]1O. The molecule has 0 bridgehead atoms. The van der Waals surface area contributed by atoms with Gasteiger partial charge in [-0.2, -0.15) is 0 Å². The summed E-state index contributed by atoms with van der Waals surface area (Å²) >= 11 is 0.614. The molecule has 2 heterocycles. The number of benzene rings is 1. The van der Waals surface area contributed by atoms with Gasteiger partial charge >= 0.3 is 0 Å². The van der Waals surface area contributed by atoms with E-state index in [9.17, 15) is 24.9 Å². The first-order valence-corrected chi connectivity index (χ1v) is 7.74. The van der Waals surface area contributed by atoms with Crippen molar-refractivity contribution < 1.29 is 34.8 Å². The molecule has 1 aromatic rings. The fraction of sp³-hybridized carbons (Fsp3) is 0.429. The third kappa shape index (κ3) is 2.65. The van der Waals surface area contributed by atoms with Crippen LogP contribution in [0.5, 0.6) is 0 Å².